The summed E-state index contributed by atoms with van der Waals surface area (Å²) < 4.78 is 40.7. The summed E-state index contributed by atoms with van der Waals surface area (Å²) in [6.07, 6.45) is -4.65. The zero-order valence-electron chi connectivity index (χ0n) is 13.4. The number of phenols is 3. The van der Waals surface area contributed by atoms with E-state index in [1.165, 1.54) is 36.4 Å². The molecule has 0 radical (unpaired) electrons. The fourth-order valence-electron chi connectivity index (χ4n) is 2.93. The maximum Gasteiger partial charge on any atom is 0.416 e. The predicted octanol–water partition coefficient (Wildman–Crippen LogP) is 5.00. The molecule has 0 saturated heterocycles. The van der Waals surface area contributed by atoms with E-state index in [0.717, 1.165) is 0 Å². The molecule has 3 rings (SSSR count). The molecule has 3 N–H and O–H groups in total. The second kappa shape index (κ2) is 6.63. The summed E-state index contributed by atoms with van der Waals surface area (Å²) in [5.74, 6) is -1.27. The number of alkyl halides is 3. The molecule has 0 aromatic heterocycles. The minimum absolute atomic E-state index is 0.0000397. The van der Waals surface area contributed by atoms with E-state index in [4.69, 9.17) is 0 Å². The highest BCUT2D eigenvalue weighted by atomic mass is 19.4. The van der Waals surface area contributed by atoms with Crippen LogP contribution in [0.3, 0.4) is 0 Å². The molecular weight excluding hydrogens is 345 g/mol. The summed E-state index contributed by atoms with van der Waals surface area (Å²) in [5, 5.41) is 28.5. The van der Waals surface area contributed by atoms with Crippen molar-refractivity contribution in [2.24, 2.45) is 0 Å². The van der Waals surface area contributed by atoms with Gasteiger partial charge < -0.3 is 15.3 Å². The number of rotatable bonds is 3. The zero-order valence-corrected chi connectivity index (χ0v) is 13.4. The van der Waals surface area contributed by atoms with Crippen LogP contribution in [0.2, 0.25) is 0 Å². The lowest BCUT2D eigenvalue weighted by atomic mass is 9.82. The number of hydrogen-bond acceptors (Lipinski definition) is 3. The first-order valence-corrected chi connectivity index (χ1v) is 7.73. The van der Waals surface area contributed by atoms with Crippen LogP contribution in [0.1, 0.15) is 28.2 Å². The first-order valence-electron chi connectivity index (χ1n) is 7.73. The van der Waals surface area contributed by atoms with Crippen molar-refractivity contribution in [3.8, 4) is 17.2 Å². The molecule has 3 nitrogen and oxygen atoms in total. The minimum atomic E-state index is -4.65. The second-order valence-electron chi connectivity index (χ2n) is 5.89. The molecule has 0 heterocycles. The number of benzene rings is 3. The van der Waals surface area contributed by atoms with Gasteiger partial charge in [-0.05, 0) is 53.1 Å². The van der Waals surface area contributed by atoms with Crippen LogP contribution >= 0.6 is 0 Å². The van der Waals surface area contributed by atoms with Gasteiger partial charge in [-0.1, -0.05) is 30.3 Å². The first kappa shape index (κ1) is 17.7. The second-order valence-corrected chi connectivity index (χ2v) is 5.89. The van der Waals surface area contributed by atoms with E-state index in [1.807, 2.05) is 0 Å². The van der Waals surface area contributed by atoms with Gasteiger partial charge in [0.15, 0.2) is 0 Å². The lowest BCUT2D eigenvalue weighted by Gasteiger charge is -2.23. The number of phenolic OH excluding ortho intramolecular Hbond substituents is 3. The summed E-state index contributed by atoms with van der Waals surface area (Å²) in [6, 6.07) is 14.9. The van der Waals surface area contributed by atoms with E-state index in [-0.39, 0.29) is 17.1 Å². The molecule has 0 unspecified atom stereocenters. The Bertz CT molecular complexity index is 856. The highest BCUT2D eigenvalue weighted by Crippen LogP contribution is 2.42. The van der Waals surface area contributed by atoms with Gasteiger partial charge in [0.25, 0.3) is 0 Å². The molecular formula is C20H15F3O3. The molecule has 0 aliphatic rings. The predicted molar refractivity (Wildman–Crippen MR) is 90.3 cm³/mol. The van der Waals surface area contributed by atoms with E-state index in [2.05, 4.69) is 0 Å². The highest BCUT2D eigenvalue weighted by Gasteiger charge is 2.36. The maximum atomic E-state index is 13.6. The van der Waals surface area contributed by atoms with Crippen molar-refractivity contribution < 1.29 is 28.5 Å². The topological polar surface area (TPSA) is 60.7 Å². The van der Waals surface area contributed by atoms with Crippen LogP contribution in [0.25, 0.3) is 0 Å². The number of halogens is 3. The largest absolute Gasteiger partial charge is 0.508 e. The van der Waals surface area contributed by atoms with Gasteiger partial charge in [0.1, 0.15) is 17.2 Å². The Hall–Kier alpha value is -3.15. The van der Waals surface area contributed by atoms with Crippen molar-refractivity contribution in [2.75, 3.05) is 0 Å². The van der Waals surface area contributed by atoms with E-state index in [0.29, 0.717) is 17.2 Å². The fraction of sp³-hybridized carbons (Fsp3) is 0.100. The van der Waals surface area contributed by atoms with Gasteiger partial charge in [0, 0.05) is 5.92 Å². The lowest BCUT2D eigenvalue weighted by Crippen LogP contribution is -2.14. The Morgan fingerprint density at radius 2 is 1.04 bits per heavy atom. The van der Waals surface area contributed by atoms with E-state index < -0.39 is 23.4 Å². The molecule has 3 aromatic carbocycles. The number of hydrogen-bond donors (Lipinski definition) is 3. The Morgan fingerprint density at radius 1 is 0.615 bits per heavy atom. The van der Waals surface area contributed by atoms with Gasteiger partial charge in [0.2, 0.25) is 0 Å². The Balaban J connectivity index is 2.25. The third kappa shape index (κ3) is 3.59. The summed E-state index contributed by atoms with van der Waals surface area (Å²) in [5.41, 5.74) is 0.0877. The van der Waals surface area contributed by atoms with Crippen molar-refractivity contribution in [2.45, 2.75) is 12.1 Å². The summed E-state index contributed by atoms with van der Waals surface area (Å²) in [7, 11) is 0. The molecule has 26 heavy (non-hydrogen) atoms. The molecule has 0 spiro atoms. The lowest BCUT2D eigenvalue weighted by molar-refractivity contribution is -0.138. The molecule has 3 aromatic rings. The monoisotopic (exact) mass is 360 g/mol. The van der Waals surface area contributed by atoms with Crippen LogP contribution in [-0.2, 0) is 6.18 Å². The Kier molecular flexibility index (Phi) is 4.50. The van der Waals surface area contributed by atoms with Crippen LogP contribution in [-0.4, -0.2) is 15.3 Å². The van der Waals surface area contributed by atoms with E-state index in [1.54, 1.807) is 24.3 Å². The number of aromatic hydroxyl groups is 3. The first-order chi connectivity index (χ1) is 12.3. The van der Waals surface area contributed by atoms with E-state index in [9.17, 15) is 28.5 Å². The molecule has 0 bridgehead atoms. The summed E-state index contributed by atoms with van der Waals surface area (Å²) >= 11 is 0. The fourth-order valence-corrected chi connectivity index (χ4v) is 2.93. The van der Waals surface area contributed by atoms with Crippen molar-refractivity contribution in [1.29, 1.82) is 0 Å². The molecule has 0 fully saturated rings. The molecule has 6 heteroatoms. The van der Waals surface area contributed by atoms with Gasteiger partial charge in [-0.25, -0.2) is 0 Å². The molecule has 134 valence electrons. The highest BCUT2D eigenvalue weighted by molar-refractivity contribution is 5.50. The molecule has 0 aliphatic carbocycles. The van der Waals surface area contributed by atoms with Crippen LogP contribution in [0.4, 0.5) is 13.2 Å². The minimum Gasteiger partial charge on any atom is -0.508 e. The summed E-state index contributed by atoms with van der Waals surface area (Å²) in [4.78, 5) is 0. The van der Waals surface area contributed by atoms with Gasteiger partial charge in [-0.3, -0.25) is 0 Å². The Morgan fingerprint density at radius 3 is 1.46 bits per heavy atom. The van der Waals surface area contributed by atoms with Gasteiger partial charge in [-0.15, -0.1) is 0 Å². The van der Waals surface area contributed by atoms with Crippen LogP contribution in [0, 0.1) is 0 Å². The van der Waals surface area contributed by atoms with Crippen molar-refractivity contribution in [3.05, 3.63) is 89.0 Å². The smallest absolute Gasteiger partial charge is 0.416 e. The third-order valence-electron chi connectivity index (χ3n) is 4.11. The van der Waals surface area contributed by atoms with Gasteiger partial charge in [0.05, 0.1) is 5.56 Å². The Labute approximate surface area is 147 Å². The van der Waals surface area contributed by atoms with Crippen molar-refractivity contribution >= 4 is 0 Å². The average molecular weight is 360 g/mol. The standard InChI is InChI=1S/C20H15F3O3/c21-20(22,23)18-11-16(26)9-10-17(18)19(12-1-5-14(24)6-2-12)13-3-7-15(25)8-4-13/h1-11,19,24-26H. The molecule has 0 amide bonds. The van der Waals surface area contributed by atoms with Gasteiger partial charge in [-0.2, -0.15) is 13.2 Å². The quantitative estimate of drug-likeness (QED) is 0.576. The van der Waals surface area contributed by atoms with Crippen LogP contribution < -0.4 is 0 Å². The van der Waals surface area contributed by atoms with E-state index >= 15 is 0 Å². The summed E-state index contributed by atoms with van der Waals surface area (Å²) in [6.45, 7) is 0. The maximum absolute atomic E-state index is 13.6. The van der Waals surface area contributed by atoms with Crippen molar-refractivity contribution in [3.63, 3.8) is 0 Å². The third-order valence-corrected chi connectivity index (χ3v) is 4.11. The molecule has 0 aliphatic heterocycles. The average Bonchev–Trinajstić information content (AvgIpc) is 2.59. The molecule has 0 atom stereocenters. The van der Waals surface area contributed by atoms with Gasteiger partial charge >= 0.3 is 6.18 Å². The SMILES string of the molecule is Oc1ccc(C(c2ccc(O)cc2)c2ccc(O)cc2C(F)(F)F)cc1. The zero-order chi connectivity index (χ0) is 18.9. The molecule has 0 saturated carbocycles. The van der Waals surface area contributed by atoms with Crippen LogP contribution in [0.5, 0.6) is 17.2 Å². The van der Waals surface area contributed by atoms with Crippen LogP contribution in [0.15, 0.2) is 66.7 Å². The van der Waals surface area contributed by atoms with Crippen molar-refractivity contribution in [1.82, 2.24) is 0 Å². The normalized spacial score (nSPS) is 11.7.